The van der Waals surface area contributed by atoms with Crippen LogP contribution in [0.4, 0.5) is 0 Å². The van der Waals surface area contributed by atoms with Crippen LogP contribution < -0.4 is 4.74 Å². The Morgan fingerprint density at radius 1 is 1.56 bits per heavy atom. The zero-order valence-corrected chi connectivity index (χ0v) is 9.22. The average molecular weight is 221 g/mol. The third kappa shape index (κ3) is 2.17. The molecule has 16 heavy (non-hydrogen) atoms. The second-order valence-corrected chi connectivity index (χ2v) is 3.60. The fraction of sp³-hybridized carbons (Fsp3) is 0.417. The molecule has 0 spiro atoms. The van der Waals surface area contributed by atoms with Gasteiger partial charge in [-0.1, -0.05) is 0 Å². The maximum atomic E-state index is 10.1. The first kappa shape index (κ1) is 11.0. The quantitative estimate of drug-likeness (QED) is 0.845. The van der Waals surface area contributed by atoms with Crippen molar-refractivity contribution < 1.29 is 14.6 Å². The lowest BCUT2D eigenvalue weighted by Crippen LogP contribution is -2.11. The molecule has 2 rings (SSSR count). The molecule has 1 aliphatic rings. The van der Waals surface area contributed by atoms with E-state index >= 15 is 0 Å². The molecule has 0 saturated heterocycles. The van der Waals surface area contributed by atoms with Crippen molar-refractivity contribution in [2.24, 2.45) is 0 Å². The van der Waals surface area contributed by atoms with Crippen LogP contribution in [0.15, 0.2) is 30.2 Å². The van der Waals surface area contributed by atoms with Gasteiger partial charge in [0.2, 0.25) is 5.88 Å². The number of hydrogen-bond donors (Lipinski definition) is 1. The Morgan fingerprint density at radius 2 is 2.44 bits per heavy atom. The van der Waals surface area contributed by atoms with Crippen molar-refractivity contribution in [2.45, 2.75) is 18.9 Å². The molecule has 4 heteroatoms. The van der Waals surface area contributed by atoms with Crippen LogP contribution in [-0.2, 0) is 4.74 Å². The van der Waals surface area contributed by atoms with Crippen molar-refractivity contribution in [2.75, 3.05) is 13.7 Å². The van der Waals surface area contributed by atoms with Gasteiger partial charge in [0, 0.05) is 6.20 Å². The van der Waals surface area contributed by atoms with Crippen molar-refractivity contribution in [3.63, 3.8) is 0 Å². The van der Waals surface area contributed by atoms with Gasteiger partial charge in [0.25, 0.3) is 0 Å². The lowest BCUT2D eigenvalue weighted by atomic mass is 10.1. The van der Waals surface area contributed by atoms with Gasteiger partial charge in [-0.25, -0.2) is 4.98 Å². The van der Waals surface area contributed by atoms with Crippen molar-refractivity contribution in [1.82, 2.24) is 4.98 Å². The highest BCUT2D eigenvalue weighted by Gasteiger charge is 2.20. The number of nitrogens with zero attached hydrogens (tertiary/aromatic N) is 1. The van der Waals surface area contributed by atoms with Gasteiger partial charge in [0.1, 0.15) is 11.9 Å². The van der Waals surface area contributed by atoms with Gasteiger partial charge in [-0.15, -0.1) is 0 Å². The minimum Gasteiger partial charge on any atom is -0.495 e. The summed E-state index contributed by atoms with van der Waals surface area (Å²) in [6.07, 6.45) is 4.70. The second kappa shape index (κ2) is 4.99. The molecule has 0 saturated carbocycles. The molecule has 86 valence electrons. The Kier molecular flexibility index (Phi) is 3.41. The second-order valence-electron chi connectivity index (χ2n) is 3.60. The van der Waals surface area contributed by atoms with Crippen LogP contribution in [0, 0.1) is 0 Å². The van der Waals surface area contributed by atoms with Gasteiger partial charge in [-0.05, 0) is 31.1 Å². The number of rotatable bonds is 3. The van der Waals surface area contributed by atoms with Crippen LogP contribution in [0.25, 0.3) is 0 Å². The highest BCUT2D eigenvalue weighted by Crippen LogP contribution is 2.30. The third-order valence-electron chi connectivity index (χ3n) is 2.52. The van der Waals surface area contributed by atoms with Gasteiger partial charge in [-0.3, -0.25) is 0 Å². The van der Waals surface area contributed by atoms with E-state index in [1.807, 2.05) is 6.08 Å². The largest absolute Gasteiger partial charge is 0.495 e. The van der Waals surface area contributed by atoms with Crippen molar-refractivity contribution in [3.8, 4) is 5.88 Å². The highest BCUT2D eigenvalue weighted by atomic mass is 16.5. The van der Waals surface area contributed by atoms with Gasteiger partial charge in [-0.2, -0.15) is 0 Å². The lowest BCUT2D eigenvalue weighted by Gasteiger charge is -2.20. The zero-order chi connectivity index (χ0) is 11.4. The summed E-state index contributed by atoms with van der Waals surface area (Å²) in [5.74, 6) is 1.03. The van der Waals surface area contributed by atoms with E-state index in [1.165, 1.54) is 7.11 Å². The molecule has 0 aromatic carbocycles. The molecule has 0 fully saturated rings. The first-order chi connectivity index (χ1) is 7.83. The predicted octanol–water partition coefficient (Wildman–Crippen LogP) is 1.82. The molecule has 0 aliphatic carbocycles. The maximum Gasteiger partial charge on any atom is 0.219 e. The van der Waals surface area contributed by atoms with Gasteiger partial charge in [0.15, 0.2) is 0 Å². The topological polar surface area (TPSA) is 51.6 Å². The van der Waals surface area contributed by atoms with Crippen LogP contribution in [0.3, 0.4) is 0 Å². The third-order valence-corrected chi connectivity index (χ3v) is 2.52. The Hall–Kier alpha value is -1.55. The zero-order valence-electron chi connectivity index (χ0n) is 9.22. The smallest absolute Gasteiger partial charge is 0.219 e. The Morgan fingerprint density at radius 3 is 3.12 bits per heavy atom. The summed E-state index contributed by atoms with van der Waals surface area (Å²) in [5.41, 5.74) is 0.637. The standard InChI is InChI=1S/C12H15NO3/c1-15-12-9(5-4-7-13-12)11(14)10-6-2-3-8-16-10/h4-7,11,14H,2-3,8H2,1H3. The molecular formula is C12H15NO3. The average Bonchev–Trinajstić information content (AvgIpc) is 2.39. The molecular weight excluding hydrogens is 206 g/mol. The number of aliphatic hydroxyl groups excluding tert-OH is 1. The summed E-state index contributed by atoms with van der Waals surface area (Å²) >= 11 is 0. The molecule has 1 unspecified atom stereocenters. The number of pyridine rings is 1. The van der Waals surface area contributed by atoms with E-state index in [2.05, 4.69) is 4.98 Å². The van der Waals surface area contributed by atoms with Crippen LogP contribution in [-0.4, -0.2) is 23.8 Å². The van der Waals surface area contributed by atoms with Crippen LogP contribution >= 0.6 is 0 Å². The highest BCUT2D eigenvalue weighted by molar-refractivity contribution is 5.32. The number of ether oxygens (including phenoxy) is 2. The summed E-state index contributed by atoms with van der Waals surface area (Å²) in [4.78, 5) is 4.05. The van der Waals surface area contributed by atoms with E-state index < -0.39 is 6.10 Å². The number of hydrogen-bond acceptors (Lipinski definition) is 4. The van der Waals surface area contributed by atoms with Crippen LogP contribution in [0.1, 0.15) is 24.5 Å². The monoisotopic (exact) mass is 221 g/mol. The molecule has 4 nitrogen and oxygen atoms in total. The van der Waals surface area contributed by atoms with E-state index in [9.17, 15) is 5.11 Å². The van der Waals surface area contributed by atoms with E-state index in [0.29, 0.717) is 23.8 Å². The fourth-order valence-electron chi connectivity index (χ4n) is 1.70. The summed E-state index contributed by atoms with van der Waals surface area (Å²) in [5, 5.41) is 10.1. The molecule has 1 aliphatic heterocycles. The Balaban J connectivity index is 2.25. The van der Waals surface area contributed by atoms with Crippen molar-refractivity contribution in [3.05, 3.63) is 35.7 Å². The van der Waals surface area contributed by atoms with E-state index in [4.69, 9.17) is 9.47 Å². The molecule has 2 heterocycles. The van der Waals surface area contributed by atoms with E-state index in [0.717, 1.165) is 12.8 Å². The summed E-state index contributed by atoms with van der Waals surface area (Å²) < 4.78 is 10.5. The molecule has 0 radical (unpaired) electrons. The lowest BCUT2D eigenvalue weighted by molar-refractivity contribution is 0.0898. The molecule has 1 N–H and O–H groups in total. The van der Waals surface area contributed by atoms with Gasteiger partial charge in [0.05, 0.1) is 19.3 Å². The summed E-state index contributed by atoms with van der Waals surface area (Å²) in [6, 6.07) is 3.56. The first-order valence-corrected chi connectivity index (χ1v) is 5.32. The molecule has 0 amide bonds. The number of aromatic nitrogens is 1. The van der Waals surface area contributed by atoms with Crippen LogP contribution in [0.2, 0.25) is 0 Å². The Bertz CT molecular complexity index is 390. The van der Waals surface area contributed by atoms with Crippen LogP contribution in [0.5, 0.6) is 5.88 Å². The van der Waals surface area contributed by atoms with Gasteiger partial charge >= 0.3 is 0 Å². The minimum absolute atomic E-state index is 0.435. The molecule has 1 aromatic heterocycles. The molecule has 1 aromatic rings. The number of methoxy groups -OCH3 is 1. The van der Waals surface area contributed by atoms with E-state index in [1.54, 1.807) is 18.3 Å². The SMILES string of the molecule is COc1ncccc1C(O)C1=CCCCO1. The number of aliphatic hydroxyl groups is 1. The molecule has 1 atom stereocenters. The first-order valence-electron chi connectivity index (χ1n) is 5.32. The van der Waals surface area contributed by atoms with Crippen molar-refractivity contribution >= 4 is 0 Å². The normalized spacial score (nSPS) is 17.2. The maximum absolute atomic E-state index is 10.1. The predicted molar refractivity (Wildman–Crippen MR) is 59.0 cm³/mol. The molecule has 0 bridgehead atoms. The van der Waals surface area contributed by atoms with E-state index in [-0.39, 0.29) is 0 Å². The summed E-state index contributed by atoms with van der Waals surface area (Å²) in [6.45, 7) is 0.658. The summed E-state index contributed by atoms with van der Waals surface area (Å²) in [7, 11) is 1.54. The Labute approximate surface area is 94.5 Å². The number of allylic oxidation sites excluding steroid dienone is 1. The van der Waals surface area contributed by atoms with Crippen molar-refractivity contribution in [1.29, 1.82) is 0 Å². The minimum atomic E-state index is -0.788. The fourth-order valence-corrected chi connectivity index (χ4v) is 1.70. The van der Waals surface area contributed by atoms with Gasteiger partial charge < -0.3 is 14.6 Å².